The summed E-state index contributed by atoms with van der Waals surface area (Å²) in [6.07, 6.45) is 4.81. The van der Waals surface area contributed by atoms with Crippen molar-refractivity contribution in [2.45, 2.75) is 13.5 Å². The van der Waals surface area contributed by atoms with Gasteiger partial charge in [0, 0.05) is 30.7 Å². The van der Waals surface area contributed by atoms with Gasteiger partial charge in [-0.3, -0.25) is 19.6 Å². The average Bonchev–Trinajstić information content (AvgIpc) is 2.61. The molecule has 0 N–H and O–H groups in total. The zero-order valence-electron chi connectivity index (χ0n) is 13.2. The minimum atomic E-state index is -0.422. The quantitative estimate of drug-likeness (QED) is 0.762. The van der Waals surface area contributed by atoms with E-state index in [1.165, 1.54) is 7.11 Å². The molecule has 0 aliphatic heterocycles. The predicted molar refractivity (Wildman–Crippen MR) is 84.4 cm³/mol. The lowest BCUT2D eigenvalue weighted by molar-refractivity contribution is -0.145. The smallest absolute Gasteiger partial charge is 0.310 e. The minimum Gasteiger partial charge on any atom is -0.469 e. The number of carbonyl (C=O) groups excluding carboxylic acids is 2. The molecule has 6 heteroatoms. The van der Waals surface area contributed by atoms with Gasteiger partial charge in [0.25, 0.3) is 5.91 Å². The van der Waals surface area contributed by atoms with Gasteiger partial charge in [-0.2, -0.15) is 0 Å². The molecule has 0 bridgehead atoms. The molecule has 0 saturated heterocycles. The largest absolute Gasteiger partial charge is 0.469 e. The molecular weight excluding hydrogens is 294 g/mol. The van der Waals surface area contributed by atoms with E-state index in [-0.39, 0.29) is 18.4 Å². The molecule has 2 heterocycles. The highest BCUT2D eigenvalue weighted by Crippen LogP contribution is 2.12. The van der Waals surface area contributed by atoms with Gasteiger partial charge in [0.05, 0.1) is 25.3 Å². The van der Waals surface area contributed by atoms with Crippen LogP contribution in [0.3, 0.4) is 0 Å². The van der Waals surface area contributed by atoms with Gasteiger partial charge in [-0.1, -0.05) is 13.0 Å². The predicted octanol–water partition coefficient (Wildman–Crippen LogP) is 1.93. The van der Waals surface area contributed by atoms with Crippen LogP contribution in [0.4, 0.5) is 0 Å². The molecule has 120 valence electrons. The zero-order valence-corrected chi connectivity index (χ0v) is 13.2. The Morgan fingerprint density at radius 2 is 1.91 bits per heavy atom. The normalized spacial score (nSPS) is 11.6. The molecule has 1 unspecified atom stereocenters. The van der Waals surface area contributed by atoms with Crippen molar-refractivity contribution in [2.75, 3.05) is 13.7 Å². The van der Waals surface area contributed by atoms with Crippen molar-refractivity contribution in [3.8, 4) is 0 Å². The Morgan fingerprint density at radius 1 is 1.17 bits per heavy atom. The lowest BCUT2D eigenvalue weighted by Crippen LogP contribution is -2.37. The number of aromatic nitrogens is 2. The number of hydrogen-bond donors (Lipinski definition) is 0. The standard InChI is InChI=1S/C17H19N3O3/c1-13(17(22)23-2)11-20(12-15-5-3-4-8-19-15)16(21)14-6-9-18-10-7-14/h3-10,13H,11-12H2,1-2H3. The van der Waals surface area contributed by atoms with E-state index in [9.17, 15) is 9.59 Å². The Bertz CT molecular complexity index is 647. The molecule has 0 radical (unpaired) electrons. The monoisotopic (exact) mass is 313 g/mol. The number of nitrogens with zero attached hydrogens (tertiary/aromatic N) is 3. The van der Waals surface area contributed by atoms with E-state index in [1.807, 2.05) is 18.2 Å². The summed E-state index contributed by atoms with van der Waals surface area (Å²) in [5.41, 5.74) is 1.28. The number of amides is 1. The summed E-state index contributed by atoms with van der Waals surface area (Å²) in [5, 5.41) is 0. The zero-order chi connectivity index (χ0) is 16.7. The molecule has 1 amide bonds. The third kappa shape index (κ3) is 4.60. The van der Waals surface area contributed by atoms with Crippen LogP contribution in [0.2, 0.25) is 0 Å². The van der Waals surface area contributed by atoms with E-state index in [0.29, 0.717) is 12.1 Å². The van der Waals surface area contributed by atoms with Crippen LogP contribution in [0.1, 0.15) is 23.0 Å². The van der Waals surface area contributed by atoms with Crippen molar-refractivity contribution in [1.82, 2.24) is 14.9 Å². The fraction of sp³-hybridized carbons (Fsp3) is 0.294. The molecule has 0 spiro atoms. The first-order chi connectivity index (χ1) is 11.1. The van der Waals surface area contributed by atoms with Gasteiger partial charge in [0.15, 0.2) is 0 Å². The fourth-order valence-electron chi connectivity index (χ4n) is 2.19. The van der Waals surface area contributed by atoms with E-state index in [1.54, 1.807) is 42.5 Å². The molecule has 0 saturated carbocycles. The topological polar surface area (TPSA) is 72.4 Å². The molecule has 0 aromatic carbocycles. The molecule has 6 nitrogen and oxygen atoms in total. The number of carbonyl (C=O) groups is 2. The Kier molecular flexibility index (Phi) is 5.80. The summed E-state index contributed by atoms with van der Waals surface area (Å²) in [7, 11) is 1.34. The highest BCUT2D eigenvalue weighted by molar-refractivity contribution is 5.94. The molecule has 1 atom stereocenters. The third-order valence-corrected chi connectivity index (χ3v) is 3.39. The first kappa shape index (κ1) is 16.6. The van der Waals surface area contributed by atoms with Gasteiger partial charge in [-0.25, -0.2) is 0 Å². The van der Waals surface area contributed by atoms with Crippen LogP contribution in [0, 0.1) is 5.92 Å². The molecule has 0 aliphatic carbocycles. The lowest BCUT2D eigenvalue weighted by atomic mass is 10.1. The highest BCUT2D eigenvalue weighted by Gasteiger charge is 2.23. The fourth-order valence-corrected chi connectivity index (χ4v) is 2.19. The van der Waals surface area contributed by atoms with Crippen LogP contribution in [0.25, 0.3) is 0 Å². The molecule has 23 heavy (non-hydrogen) atoms. The van der Waals surface area contributed by atoms with Crippen molar-refractivity contribution >= 4 is 11.9 Å². The molecule has 2 aromatic heterocycles. The Labute approximate surface area is 135 Å². The maximum Gasteiger partial charge on any atom is 0.310 e. The number of esters is 1. The lowest BCUT2D eigenvalue weighted by Gasteiger charge is -2.25. The molecule has 2 rings (SSSR count). The summed E-state index contributed by atoms with van der Waals surface area (Å²) in [6, 6.07) is 8.82. The first-order valence-electron chi connectivity index (χ1n) is 7.29. The number of ether oxygens (including phenoxy) is 1. The summed E-state index contributed by atoms with van der Waals surface area (Å²) >= 11 is 0. The van der Waals surface area contributed by atoms with E-state index in [2.05, 4.69) is 9.97 Å². The van der Waals surface area contributed by atoms with E-state index < -0.39 is 5.92 Å². The number of methoxy groups -OCH3 is 1. The Hall–Kier alpha value is -2.76. The average molecular weight is 313 g/mol. The van der Waals surface area contributed by atoms with E-state index in [4.69, 9.17) is 4.74 Å². The minimum absolute atomic E-state index is 0.172. The summed E-state index contributed by atoms with van der Waals surface area (Å²) < 4.78 is 4.75. The van der Waals surface area contributed by atoms with Gasteiger partial charge in [-0.15, -0.1) is 0 Å². The second kappa shape index (κ2) is 8.03. The molecule has 0 fully saturated rings. The SMILES string of the molecule is COC(=O)C(C)CN(Cc1ccccn1)C(=O)c1ccncc1. The summed E-state index contributed by atoms with van der Waals surface area (Å²) in [5.74, 6) is -0.943. The van der Waals surface area contributed by atoms with E-state index >= 15 is 0 Å². The van der Waals surface area contributed by atoms with Crippen molar-refractivity contribution in [3.63, 3.8) is 0 Å². The second-order valence-electron chi connectivity index (χ2n) is 5.17. The molecule has 2 aromatic rings. The first-order valence-corrected chi connectivity index (χ1v) is 7.29. The molecule has 0 aliphatic rings. The van der Waals surface area contributed by atoms with Gasteiger partial charge in [0.2, 0.25) is 0 Å². The maximum atomic E-state index is 12.7. The van der Waals surface area contributed by atoms with Crippen LogP contribution in [-0.4, -0.2) is 40.4 Å². The van der Waals surface area contributed by atoms with E-state index in [0.717, 1.165) is 5.69 Å². The summed E-state index contributed by atoms with van der Waals surface area (Å²) in [4.78, 5) is 34.1. The summed E-state index contributed by atoms with van der Waals surface area (Å²) in [6.45, 7) is 2.31. The molecular formula is C17H19N3O3. The van der Waals surface area contributed by atoms with Crippen molar-refractivity contribution in [1.29, 1.82) is 0 Å². The highest BCUT2D eigenvalue weighted by atomic mass is 16.5. The maximum absolute atomic E-state index is 12.7. The Morgan fingerprint density at radius 3 is 2.52 bits per heavy atom. The number of rotatable bonds is 6. The van der Waals surface area contributed by atoms with Crippen LogP contribution in [0.15, 0.2) is 48.9 Å². The van der Waals surface area contributed by atoms with Crippen LogP contribution in [0.5, 0.6) is 0 Å². The van der Waals surface area contributed by atoms with Crippen LogP contribution >= 0.6 is 0 Å². The number of hydrogen-bond acceptors (Lipinski definition) is 5. The van der Waals surface area contributed by atoms with Crippen molar-refractivity contribution in [2.24, 2.45) is 5.92 Å². The third-order valence-electron chi connectivity index (χ3n) is 3.39. The van der Waals surface area contributed by atoms with Gasteiger partial charge < -0.3 is 9.64 Å². The van der Waals surface area contributed by atoms with Gasteiger partial charge >= 0.3 is 5.97 Å². The Balaban J connectivity index is 2.20. The van der Waals surface area contributed by atoms with Gasteiger partial charge in [0.1, 0.15) is 0 Å². The number of pyridine rings is 2. The van der Waals surface area contributed by atoms with Crippen LogP contribution < -0.4 is 0 Å². The second-order valence-corrected chi connectivity index (χ2v) is 5.17. The van der Waals surface area contributed by atoms with Crippen molar-refractivity contribution in [3.05, 3.63) is 60.2 Å². The van der Waals surface area contributed by atoms with Crippen LogP contribution in [-0.2, 0) is 16.1 Å². The van der Waals surface area contributed by atoms with Gasteiger partial charge in [-0.05, 0) is 24.3 Å². The van der Waals surface area contributed by atoms with Crippen molar-refractivity contribution < 1.29 is 14.3 Å².